The summed E-state index contributed by atoms with van der Waals surface area (Å²) in [4.78, 5) is 0. The minimum absolute atomic E-state index is 0.115. The average Bonchev–Trinajstić information content (AvgIpc) is 3.31. The summed E-state index contributed by atoms with van der Waals surface area (Å²) < 4.78 is 73.7. The van der Waals surface area contributed by atoms with E-state index < -0.39 is 53.8 Å². The highest BCUT2D eigenvalue weighted by atomic mass is 19.3. The van der Waals surface area contributed by atoms with Gasteiger partial charge in [0.2, 0.25) is 0 Å². The fraction of sp³-hybridized carbons (Fsp3) is 0.722. The zero-order valence-electron chi connectivity index (χ0n) is 16.5. The first-order chi connectivity index (χ1) is 13.9. The van der Waals surface area contributed by atoms with Crippen molar-refractivity contribution in [3.8, 4) is 0 Å². The molecule has 1 aromatic heterocycles. The second kappa shape index (κ2) is 6.89. The summed E-state index contributed by atoms with van der Waals surface area (Å²) >= 11 is 0. The first-order valence-corrected chi connectivity index (χ1v) is 9.52. The van der Waals surface area contributed by atoms with Gasteiger partial charge in [0.05, 0.1) is 18.4 Å². The average molecular weight is 437 g/mol. The number of hydrogen-bond acceptors (Lipinski definition) is 7. The van der Waals surface area contributed by atoms with Crippen LogP contribution in [0.1, 0.15) is 39.0 Å². The molecule has 0 radical (unpaired) electrons. The summed E-state index contributed by atoms with van der Waals surface area (Å²) in [5.74, 6) is -5.86. The molecule has 2 saturated heterocycles. The van der Waals surface area contributed by atoms with Crippen LogP contribution in [0, 0.1) is 0 Å². The number of aromatic nitrogens is 2. The molecule has 30 heavy (non-hydrogen) atoms. The minimum Gasteiger partial charge on any atom is -0.394 e. The number of nitrogens with one attached hydrogen (secondary N) is 1. The lowest BCUT2D eigenvalue weighted by Crippen LogP contribution is -2.50. The molecule has 3 N–H and O–H groups in total. The van der Waals surface area contributed by atoms with Crippen LogP contribution in [0.4, 0.5) is 23.4 Å². The number of halogens is 4. The molecule has 1 unspecified atom stereocenters. The number of rotatable bonds is 5. The van der Waals surface area contributed by atoms with Crippen molar-refractivity contribution in [1.29, 1.82) is 0 Å². The Bertz CT molecular complexity index is 861. The Hall–Kier alpha value is -1.73. The summed E-state index contributed by atoms with van der Waals surface area (Å²) in [6, 6.07) is 0. The topological polar surface area (TPSA) is 98.0 Å². The first kappa shape index (κ1) is 21.5. The summed E-state index contributed by atoms with van der Waals surface area (Å²) in [5.41, 5.74) is -3.67. The number of hydrogen-bond donors (Lipinski definition) is 3. The first-order valence-electron chi connectivity index (χ1n) is 9.52. The molecule has 0 aromatic carbocycles. The Balaban J connectivity index is 1.78. The smallest absolute Gasteiger partial charge is 0.343 e. The summed E-state index contributed by atoms with van der Waals surface area (Å²) in [7, 11) is 0. The van der Waals surface area contributed by atoms with Crippen molar-refractivity contribution in [2.45, 2.75) is 75.5 Å². The van der Waals surface area contributed by atoms with Gasteiger partial charge in [-0.05, 0) is 26.3 Å². The van der Waals surface area contributed by atoms with Gasteiger partial charge in [0.15, 0.2) is 17.6 Å². The number of anilines is 1. The van der Waals surface area contributed by atoms with E-state index >= 15 is 0 Å². The maximum atomic E-state index is 14.4. The number of alkyl halides is 4. The molecular weight excluding hydrogens is 414 g/mol. The van der Waals surface area contributed by atoms with Gasteiger partial charge >= 0.3 is 12.3 Å². The monoisotopic (exact) mass is 437 g/mol. The SMILES string of the molecule is CCC1=CC(O)(C(F)(F)C(F)F)c2cnn([C@@H]3O[C@H](CO)[C@H]4OC(C)(C)O[C@H]43)c2N1. The van der Waals surface area contributed by atoms with Crippen LogP contribution < -0.4 is 5.32 Å². The van der Waals surface area contributed by atoms with Crippen molar-refractivity contribution in [1.82, 2.24) is 9.78 Å². The van der Waals surface area contributed by atoms with Gasteiger partial charge in [0.1, 0.15) is 24.1 Å². The van der Waals surface area contributed by atoms with Gasteiger partial charge in [-0.25, -0.2) is 13.5 Å². The predicted molar refractivity (Wildman–Crippen MR) is 93.9 cm³/mol. The number of nitrogens with zero attached hydrogens (tertiary/aromatic N) is 2. The van der Waals surface area contributed by atoms with E-state index in [4.69, 9.17) is 14.2 Å². The fourth-order valence-corrected chi connectivity index (χ4v) is 4.11. The lowest BCUT2D eigenvalue weighted by atomic mass is 9.85. The highest BCUT2D eigenvalue weighted by Crippen LogP contribution is 2.50. The van der Waals surface area contributed by atoms with Crippen LogP contribution >= 0.6 is 0 Å². The third-order valence-corrected chi connectivity index (χ3v) is 5.58. The molecule has 8 nitrogen and oxygen atoms in total. The zero-order valence-corrected chi connectivity index (χ0v) is 16.5. The Morgan fingerprint density at radius 1 is 1.30 bits per heavy atom. The highest BCUT2D eigenvalue weighted by Gasteiger charge is 2.63. The van der Waals surface area contributed by atoms with Gasteiger partial charge in [-0.1, -0.05) is 6.92 Å². The lowest BCUT2D eigenvalue weighted by molar-refractivity contribution is -0.229. The normalized spacial score (nSPS) is 35.2. The van der Waals surface area contributed by atoms with Gasteiger partial charge in [-0.2, -0.15) is 13.9 Å². The molecule has 0 aliphatic carbocycles. The lowest BCUT2D eigenvalue weighted by Gasteiger charge is -2.37. The van der Waals surface area contributed by atoms with Crippen LogP contribution in [0.3, 0.4) is 0 Å². The largest absolute Gasteiger partial charge is 0.394 e. The van der Waals surface area contributed by atoms with E-state index in [0.29, 0.717) is 6.08 Å². The predicted octanol–water partition coefficient (Wildman–Crippen LogP) is 2.10. The minimum atomic E-state index is -4.76. The fourth-order valence-electron chi connectivity index (χ4n) is 4.11. The van der Waals surface area contributed by atoms with Gasteiger partial charge < -0.3 is 29.7 Å². The molecule has 4 rings (SSSR count). The molecule has 3 aliphatic rings. The third kappa shape index (κ3) is 2.96. The Morgan fingerprint density at radius 2 is 1.97 bits per heavy atom. The maximum absolute atomic E-state index is 14.4. The number of allylic oxidation sites excluding steroid dienone is 1. The van der Waals surface area contributed by atoms with Crippen LogP contribution in [0.2, 0.25) is 0 Å². The van der Waals surface area contributed by atoms with Crippen molar-refractivity contribution < 1.29 is 42.0 Å². The molecule has 0 bridgehead atoms. The van der Waals surface area contributed by atoms with E-state index in [-0.39, 0.29) is 24.5 Å². The highest BCUT2D eigenvalue weighted by molar-refractivity contribution is 5.59. The van der Waals surface area contributed by atoms with E-state index in [2.05, 4.69) is 10.4 Å². The number of aliphatic hydroxyl groups excluding tert-OH is 1. The second-order valence-corrected chi connectivity index (χ2v) is 8.00. The van der Waals surface area contributed by atoms with E-state index in [0.717, 1.165) is 10.9 Å². The molecule has 0 spiro atoms. The quantitative estimate of drug-likeness (QED) is 0.607. The molecule has 12 heteroatoms. The third-order valence-electron chi connectivity index (χ3n) is 5.58. The molecule has 168 valence electrons. The second-order valence-electron chi connectivity index (χ2n) is 8.00. The Labute approximate surface area is 169 Å². The van der Waals surface area contributed by atoms with Gasteiger partial charge in [0.25, 0.3) is 0 Å². The van der Waals surface area contributed by atoms with E-state index in [1.165, 1.54) is 0 Å². The molecular formula is C18H23F4N3O5. The summed E-state index contributed by atoms with van der Waals surface area (Å²) in [6.45, 7) is 4.58. The van der Waals surface area contributed by atoms with Crippen LogP contribution in [-0.2, 0) is 19.8 Å². The van der Waals surface area contributed by atoms with Gasteiger partial charge in [-0.15, -0.1) is 0 Å². The number of fused-ring (bicyclic) bond motifs is 2. The van der Waals surface area contributed by atoms with Crippen molar-refractivity contribution in [2.24, 2.45) is 0 Å². The van der Waals surface area contributed by atoms with Crippen LogP contribution in [-0.4, -0.2) is 63.0 Å². The van der Waals surface area contributed by atoms with E-state index in [9.17, 15) is 27.8 Å². The number of aliphatic hydroxyl groups is 2. The standard InChI is InChI=1S/C18H23F4N3O5/c1-4-8-5-17(27,18(21,22)15(19)20)9-6-23-25(13(9)24-8)14-12-11(10(7-26)28-14)29-16(2,3)30-12/h5-6,10-12,14-15,24,26-27H,4,7H2,1-3H3/t10-,11-,12-,14-,17?/m1/s1. The Kier molecular flexibility index (Phi) is 4.94. The van der Waals surface area contributed by atoms with Gasteiger partial charge in [-0.3, -0.25) is 0 Å². The molecule has 0 amide bonds. The molecule has 3 aliphatic heterocycles. The molecule has 4 heterocycles. The summed E-state index contributed by atoms with van der Waals surface area (Å²) in [6.07, 6.45) is -5.53. The van der Waals surface area contributed by atoms with Crippen LogP contribution in [0.5, 0.6) is 0 Å². The maximum Gasteiger partial charge on any atom is 0.343 e. The molecule has 2 fully saturated rings. The van der Waals surface area contributed by atoms with E-state index in [1.54, 1.807) is 20.8 Å². The molecule has 0 saturated carbocycles. The molecule has 5 atom stereocenters. The zero-order chi connectivity index (χ0) is 22.1. The van der Waals surface area contributed by atoms with Crippen molar-refractivity contribution in [3.63, 3.8) is 0 Å². The van der Waals surface area contributed by atoms with Crippen molar-refractivity contribution >= 4 is 5.82 Å². The number of ether oxygens (including phenoxy) is 3. The van der Waals surface area contributed by atoms with Crippen molar-refractivity contribution in [2.75, 3.05) is 11.9 Å². The molecule has 1 aromatic rings. The Morgan fingerprint density at radius 3 is 2.57 bits per heavy atom. The van der Waals surface area contributed by atoms with E-state index in [1.807, 2.05) is 0 Å². The van der Waals surface area contributed by atoms with Crippen molar-refractivity contribution in [3.05, 3.63) is 23.5 Å². The van der Waals surface area contributed by atoms with Crippen LogP contribution in [0.25, 0.3) is 0 Å². The van der Waals surface area contributed by atoms with Crippen LogP contribution in [0.15, 0.2) is 18.0 Å². The summed E-state index contributed by atoms with van der Waals surface area (Å²) in [5, 5.41) is 27.2. The van der Waals surface area contributed by atoms with Gasteiger partial charge in [0, 0.05) is 5.70 Å².